The number of ether oxygens (including phenoxy) is 1. The van der Waals surface area contributed by atoms with Gasteiger partial charge in [-0.05, 0) is 129 Å². The normalized spacial score (nSPS) is 11.9. The van der Waals surface area contributed by atoms with E-state index in [0.29, 0.717) is 0 Å². The van der Waals surface area contributed by atoms with Crippen molar-refractivity contribution in [1.29, 1.82) is 0 Å². The Kier molecular flexibility index (Phi) is 10.0. The van der Waals surface area contributed by atoms with E-state index in [2.05, 4.69) is 156 Å². The molecule has 0 saturated carbocycles. The number of fused-ring (bicyclic) bond motifs is 3. The molecule has 3 heterocycles. The van der Waals surface area contributed by atoms with Crippen LogP contribution in [0.25, 0.3) is 44.4 Å². The number of unbranched alkanes of at least 4 members (excludes halogenated alkanes) is 2. The van der Waals surface area contributed by atoms with Gasteiger partial charge >= 0.3 is 0 Å². The van der Waals surface area contributed by atoms with Crippen LogP contribution in [0.5, 0.6) is 11.5 Å². The molecule has 0 aliphatic heterocycles. The molecule has 7 aromatic rings. The third kappa shape index (κ3) is 7.14. The highest BCUT2D eigenvalue weighted by molar-refractivity contribution is 6.09. The minimum Gasteiger partial charge on any atom is -0.457 e. The second kappa shape index (κ2) is 14.7. The zero-order valence-electron chi connectivity index (χ0n) is 33.1. The Morgan fingerprint density at radius 2 is 1.40 bits per heavy atom. The summed E-state index contributed by atoms with van der Waals surface area (Å²) in [5.74, 6) is 2.52. The molecular formula is C48H54N4O. The standard InChI is InChI=1S/C48H54N4O/c1-10-12-16-35-22-23-49-45(26-35)51-42-19-15-14-17-40(42)41-21-20-38(30-44(41)51)53-39-28-36(48(7,8)9)27-37(29-39)52-43(18-13-11-2)47(34(6)50-52)46-32(4)24-31(3)25-33(46)5/h14-15,17,19-30H,10-13,16,18H2,1-9H3. The first-order valence-electron chi connectivity index (χ1n) is 19.5. The van der Waals surface area contributed by atoms with Crippen molar-refractivity contribution in [2.24, 2.45) is 0 Å². The fraction of sp³-hybridized carbons (Fsp3) is 0.333. The predicted octanol–water partition coefficient (Wildman–Crippen LogP) is 13.0. The predicted molar refractivity (Wildman–Crippen MR) is 223 cm³/mol. The molecule has 0 aliphatic rings. The van der Waals surface area contributed by atoms with Gasteiger partial charge < -0.3 is 4.74 Å². The minimum absolute atomic E-state index is 0.0995. The summed E-state index contributed by atoms with van der Waals surface area (Å²) in [4.78, 5) is 4.88. The van der Waals surface area contributed by atoms with Crippen molar-refractivity contribution in [3.05, 3.63) is 130 Å². The Hall–Kier alpha value is -5.16. The molecule has 0 amide bonds. The van der Waals surface area contributed by atoms with Crippen LogP contribution >= 0.6 is 0 Å². The molecule has 0 N–H and O–H groups in total. The fourth-order valence-electron chi connectivity index (χ4n) is 7.98. The van der Waals surface area contributed by atoms with E-state index in [-0.39, 0.29) is 5.41 Å². The summed E-state index contributed by atoms with van der Waals surface area (Å²) in [5.41, 5.74) is 14.4. The lowest BCUT2D eigenvalue weighted by Gasteiger charge is -2.22. The summed E-state index contributed by atoms with van der Waals surface area (Å²) in [7, 11) is 0. The van der Waals surface area contributed by atoms with Gasteiger partial charge in [-0.2, -0.15) is 5.10 Å². The number of para-hydroxylation sites is 1. The number of aryl methyl sites for hydroxylation is 5. The van der Waals surface area contributed by atoms with Gasteiger partial charge in [0, 0.05) is 34.7 Å². The lowest BCUT2D eigenvalue weighted by molar-refractivity contribution is 0.478. The monoisotopic (exact) mass is 702 g/mol. The smallest absolute Gasteiger partial charge is 0.137 e. The van der Waals surface area contributed by atoms with Crippen LogP contribution in [0.4, 0.5) is 0 Å². The Bertz CT molecular complexity index is 2410. The summed E-state index contributed by atoms with van der Waals surface area (Å²) < 4.78 is 11.3. The van der Waals surface area contributed by atoms with Gasteiger partial charge in [-0.1, -0.05) is 83.4 Å². The van der Waals surface area contributed by atoms with E-state index in [1.54, 1.807) is 0 Å². The summed E-state index contributed by atoms with van der Waals surface area (Å²) in [6.45, 7) is 20.1. The number of rotatable bonds is 11. The van der Waals surface area contributed by atoms with Crippen LogP contribution in [-0.4, -0.2) is 19.3 Å². The maximum atomic E-state index is 6.87. The largest absolute Gasteiger partial charge is 0.457 e. The van der Waals surface area contributed by atoms with Gasteiger partial charge in [0.25, 0.3) is 0 Å². The summed E-state index contributed by atoms with van der Waals surface area (Å²) in [6.07, 6.45) is 8.47. The average molecular weight is 703 g/mol. The molecule has 3 aromatic heterocycles. The lowest BCUT2D eigenvalue weighted by Crippen LogP contribution is -2.13. The number of benzene rings is 4. The minimum atomic E-state index is -0.0995. The van der Waals surface area contributed by atoms with Crippen molar-refractivity contribution >= 4 is 21.8 Å². The fourth-order valence-corrected chi connectivity index (χ4v) is 7.98. The summed E-state index contributed by atoms with van der Waals surface area (Å²) >= 11 is 0. The van der Waals surface area contributed by atoms with Crippen LogP contribution in [0.2, 0.25) is 0 Å². The molecule has 5 nitrogen and oxygen atoms in total. The third-order valence-corrected chi connectivity index (χ3v) is 10.6. The first-order chi connectivity index (χ1) is 25.5. The zero-order chi connectivity index (χ0) is 37.4. The number of pyridine rings is 1. The topological polar surface area (TPSA) is 44.9 Å². The van der Waals surface area contributed by atoms with Gasteiger partial charge in [0.05, 0.1) is 28.1 Å². The Morgan fingerprint density at radius 3 is 2.13 bits per heavy atom. The molecule has 0 bridgehead atoms. The molecule has 0 saturated heterocycles. The van der Waals surface area contributed by atoms with Crippen molar-refractivity contribution in [1.82, 2.24) is 19.3 Å². The van der Waals surface area contributed by atoms with Crippen LogP contribution < -0.4 is 4.74 Å². The van der Waals surface area contributed by atoms with Gasteiger partial charge in [-0.25, -0.2) is 9.67 Å². The van der Waals surface area contributed by atoms with Crippen molar-refractivity contribution in [2.45, 2.75) is 106 Å². The molecule has 4 aromatic carbocycles. The van der Waals surface area contributed by atoms with Crippen molar-refractivity contribution < 1.29 is 4.74 Å². The van der Waals surface area contributed by atoms with E-state index >= 15 is 0 Å². The molecule has 0 unspecified atom stereocenters. The van der Waals surface area contributed by atoms with Gasteiger partial charge in [0.15, 0.2) is 0 Å². The van der Waals surface area contributed by atoms with E-state index in [9.17, 15) is 0 Å². The molecular weight excluding hydrogens is 649 g/mol. The molecule has 0 aliphatic carbocycles. The molecule has 0 fully saturated rings. The van der Waals surface area contributed by atoms with Gasteiger partial charge in [0.1, 0.15) is 17.3 Å². The zero-order valence-corrected chi connectivity index (χ0v) is 33.1. The second-order valence-electron chi connectivity index (χ2n) is 15.9. The van der Waals surface area contributed by atoms with E-state index in [1.807, 2.05) is 6.20 Å². The molecule has 7 rings (SSSR count). The van der Waals surface area contributed by atoms with E-state index in [0.717, 1.165) is 71.8 Å². The first kappa shape index (κ1) is 36.2. The van der Waals surface area contributed by atoms with Crippen LogP contribution in [0.15, 0.2) is 91.1 Å². The average Bonchev–Trinajstić information content (AvgIpc) is 3.62. The third-order valence-electron chi connectivity index (χ3n) is 10.6. The van der Waals surface area contributed by atoms with Gasteiger partial charge in [-0.15, -0.1) is 0 Å². The Morgan fingerprint density at radius 1 is 0.679 bits per heavy atom. The summed E-state index contributed by atoms with van der Waals surface area (Å²) in [5, 5.41) is 7.66. The Balaban J connectivity index is 1.36. The Labute approximate surface area is 315 Å². The molecule has 5 heteroatoms. The van der Waals surface area contributed by atoms with Crippen LogP contribution in [0.3, 0.4) is 0 Å². The first-order valence-corrected chi connectivity index (χ1v) is 19.5. The highest BCUT2D eigenvalue weighted by Crippen LogP contribution is 2.39. The van der Waals surface area contributed by atoms with Crippen LogP contribution in [-0.2, 0) is 18.3 Å². The number of hydrogen-bond acceptors (Lipinski definition) is 3. The summed E-state index contributed by atoms with van der Waals surface area (Å²) in [6, 6.07) is 30.7. The quantitative estimate of drug-likeness (QED) is 0.135. The van der Waals surface area contributed by atoms with Crippen molar-refractivity contribution in [3.8, 4) is 34.1 Å². The maximum Gasteiger partial charge on any atom is 0.137 e. The number of aromatic nitrogens is 4. The van der Waals surface area contributed by atoms with Gasteiger partial charge in [0.2, 0.25) is 0 Å². The SMILES string of the molecule is CCCCc1ccnc(-n2c3ccccc3c3ccc(Oc4cc(-n5nc(C)c(-c6c(C)cc(C)cc6C)c5CCCC)cc(C(C)(C)C)c4)cc32)c1. The lowest BCUT2D eigenvalue weighted by atomic mass is 9.86. The molecule has 0 radical (unpaired) electrons. The van der Waals surface area contributed by atoms with E-state index in [4.69, 9.17) is 14.8 Å². The van der Waals surface area contributed by atoms with Crippen molar-refractivity contribution in [3.63, 3.8) is 0 Å². The van der Waals surface area contributed by atoms with Crippen molar-refractivity contribution in [2.75, 3.05) is 0 Å². The van der Waals surface area contributed by atoms with Crippen LogP contribution in [0.1, 0.15) is 99.5 Å². The van der Waals surface area contributed by atoms with Gasteiger partial charge in [-0.3, -0.25) is 4.57 Å². The molecule has 0 spiro atoms. The van der Waals surface area contributed by atoms with E-state index < -0.39 is 0 Å². The molecule has 53 heavy (non-hydrogen) atoms. The number of hydrogen-bond donors (Lipinski definition) is 0. The maximum absolute atomic E-state index is 6.87. The van der Waals surface area contributed by atoms with E-state index in [1.165, 1.54) is 61.8 Å². The van der Waals surface area contributed by atoms with Crippen LogP contribution in [0, 0.1) is 27.7 Å². The second-order valence-corrected chi connectivity index (χ2v) is 15.9. The molecule has 0 atom stereocenters. The number of nitrogens with zero attached hydrogens (tertiary/aromatic N) is 4. The molecule has 272 valence electrons. The highest BCUT2D eigenvalue weighted by atomic mass is 16.5. The highest BCUT2D eigenvalue weighted by Gasteiger charge is 2.24.